The number of aliphatic carboxylic acids is 2. The largest absolute Gasteiger partial charge is 0.488 e. The summed E-state index contributed by atoms with van der Waals surface area (Å²) >= 11 is 1.39. The van der Waals surface area contributed by atoms with E-state index in [1.807, 2.05) is 0 Å². The summed E-state index contributed by atoms with van der Waals surface area (Å²) < 4.78 is 63.8. The molecule has 5 fully saturated rings. The van der Waals surface area contributed by atoms with Crippen molar-refractivity contribution in [3.8, 4) is 5.75 Å². The molecule has 5 saturated heterocycles. The minimum Gasteiger partial charge on any atom is -0.488 e. The van der Waals surface area contributed by atoms with E-state index < -0.39 is 214 Å². The van der Waals surface area contributed by atoms with Gasteiger partial charge in [-0.2, -0.15) is 11.8 Å². The molecular weight excluding hydrogens is 1150 g/mol. The fraction of sp³-hybridized carbons (Fsp3) is 0.809. The van der Waals surface area contributed by atoms with E-state index in [1.54, 1.807) is 6.92 Å². The van der Waals surface area contributed by atoms with E-state index in [2.05, 4.69) is 21.3 Å². The second kappa shape index (κ2) is 30.3. The molecule has 0 aromatic heterocycles. The van der Waals surface area contributed by atoms with E-state index in [4.69, 9.17) is 52.1 Å². The average molecular weight is 1220 g/mol. The Bertz CT molecular complexity index is 2410. The van der Waals surface area contributed by atoms with Crippen LogP contribution in [0.3, 0.4) is 0 Å². The molecule has 3 amide bonds. The molecule has 0 bridgehead atoms. The fourth-order valence-electron chi connectivity index (χ4n) is 9.65. The normalized spacial score (nSPS) is 39.3. The van der Waals surface area contributed by atoms with Crippen molar-refractivity contribution in [2.24, 2.45) is 0 Å². The third kappa shape index (κ3) is 16.1. The summed E-state index contributed by atoms with van der Waals surface area (Å²) in [6, 6.07) is -4.93. The molecule has 36 heteroatoms. The molecule has 6 rings (SSSR count). The highest BCUT2D eigenvalue weighted by Crippen LogP contribution is 2.34. The van der Waals surface area contributed by atoms with Gasteiger partial charge in [0.1, 0.15) is 115 Å². The SMILES string of the molecule is CCOc1c(NCCSCCCO[C@@H]2O[C@H](CO[C@@H]3O[C@H](CO[C@@H]4O[C@H](CO)[C@H](O)[C@H](O)[C@H]4NC(C)=O)[C@H](O)[C@H](O[C@@H]4O[C@H](C(=O)O)[C@@H](O)[C@H](O)[C@H]4O)[C@H]3NC(C)=O)[C@H](O)[C@H](O[C@@H]3O[C@H](C(=O)O)[C@@H](O)[C@H](O)[C@H]3O)[C@H]2NC(C)=O)c(=O)c1=O. The van der Waals surface area contributed by atoms with E-state index in [9.17, 15) is 99.9 Å². The van der Waals surface area contributed by atoms with Gasteiger partial charge in [-0.15, -0.1) is 0 Å². The Hall–Kier alpha value is -4.46. The highest BCUT2D eigenvalue weighted by atomic mass is 32.2. The Labute approximate surface area is 474 Å². The van der Waals surface area contributed by atoms with Gasteiger partial charge < -0.3 is 140 Å². The lowest BCUT2D eigenvalue weighted by molar-refractivity contribution is -0.355. The molecule has 0 spiro atoms. The third-order valence-electron chi connectivity index (χ3n) is 13.8. The number of carbonyl (C=O) groups excluding carboxylic acids is 3. The summed E-state index contributed by atoms with van der Waals surface area (Å²) in [6.45, 7) is 2.35. The standard InChI is InChI=1S/C47H72N4O31S/c1-5-72-36-20(27(59)31(36)63)48-7-10-83-9-6-8-73-44-22(50-15(3)54)37(79-46-34(66)29(61)32(64)39(81-46)41(68)69)25(57)18(77-44)13-75-45-23(51-16(4)55)38(80-47-35(67)30(62)33(65)40(82-47)42(70)71)26(58)19(78-45)12-74-43-21(49-14(2)53)28(60)24(56)17(11-52)76-43/h17-19,21-26,28-30,32-35,37-40,43-48,52,56-58,60-62,64-67H,5-13H2,1-4H3,(H,49,53)(H,50,54)(H,51,55)(H,68,69)(H,70,71)/t17-,18-,19-,21-,22-,23-,24+,25+,26+,28-,29+,30+,32+,33+,34-,35-,37-,38-,39+,40+,43-,44-,45-,46-,47-/m1/s1. The number of thioether (sulfide) groups is 1. The van der Waals surface area contributed by atoms with Crippen molar-refractivity contribution >= 4 is 47.1 Å². The highest BCUT2D eigenvalue weighted by Gasteiger charge is 2.57. The van der Waals surface area contributed by atoms with Gasteiger partial charge in [0.25, 0.3) is 10.9 Å². The van der Waals surface area contributed by atoms with Crippen molar-refractivity contribution < 1.29 is 142 Å². The zero-order chi connectivity index (χ0) is 61.3. The van der Waals surface area contributed by atoms with Gasteiger partial charge in [-0.3, -0.25) is 24.0 Å². The lowest BCUT2D eigenvalue weighted by Crippen LogP contribution is -2.70. The molecule has 472 valence electrons. The Morgan fingerprint density at radius 1 is 0.518 bits per heavy atom. The number of amides is 3. The van der Waals surface area contributed by atoms with Crippen LogP contribution in [0.1, 0.15) is 34.1 Å². The molecule has 0 aliphatic carbocycles. The van der Waals surface area contributed by atoms with Crippen molar-refractivity contribution in [2.75, 3.05) is 56.4 Å². The maximum absolute atomic E-state index is 12.9. The van der Waals surface area contributed by atoms with Crippen LogP contribution in [-0.2, 0) is 71.3 Å². The zero-order valence-electron chi connectivity index (χ0n) is 44.9. The quantitative estimate of drug-likeness (QED) is 0.0287. The topological polar surface area (TPSA) is 532 Å². The molecule has 0 saturated carbocycles. The number of rotatable bonds is 27. The Morgan fingerprint density at radius 3 is 1.41 bits per heavy atom. The summed E-state index contributed by atoms with van der Waals surface area (Å²) in [4.78, 5) is 85.9. The van der Waals surface area contributed by atoms with E-state index in [1.165, 1.54) is 11.8 Å². The van der Waals surface area contributed by atoms with Crippen LogP contribution in [0.4, 0.5) is 5.69 Å². The van der Waals surface area contributed by atoms with Crippen LogP contribution in [0.5, 0.6) is 5.75 Å². The van der Waals surface area contributed by atoms with Crippen molar-refractivity contribution in [1.29, 1.82) is 0 Å². The van der Waals surface area contributed by atoms with Crippen molar-refractivity contribution in [3.05, 3.63) is 20.4 Å². The number of carboxylic acids is 2. The van der Waals surface area contributed by atoms with E-state index in [0.29, 0.717) is 11.5 Å². The zero-order valence-corrected chi connectivity index (χ0v) is 45.7. The minimum absolute atomic E-state index is 0.0585. The molecule has 0 unspecified atom stereocenters. The number of anilines is 1. The molecule has 5 aliphatic rings. The van der Waals surface area contributed by atoms with Crippen LogP contribution in [0.25, 0.3) is 0 Å². The fourth-order valence-corrected chi connectivity index (χ4v) is 10.4. The summed E-state index contributed by atoms with van der Waals surface area (Å²) in [5.74, 6) is -5.28. The van der Waals surface area contributed by atoms with Gasteiger partial charge in [0, 0.05) is 33.1 Å². The number of carboxylic acid groups (broad SMARTS) is 2. The Morgan fingerprint density at radius 2 is 0.964 bits per heavy atom. The predicted octanol–water partition coefficient (Wildman–Crippen LogP) is -10.1. The molecule has 25 atom stereocenters. The van der Waals surface area contributed by atoms with Gasteiger partial charge in [0.05, 0.1) is 33.0 Å². The van der Waals surface area contributed by atoms with Crippen LogP contribution in [-0.4, -0.2) is 300 Å². The molecular formula is C47H72N4O31S. The van der Waals surface area contributed by atoms with Gasteiger partial charge in [-0.05, 0) is 19.1 Å². The first-order chi connectivity index (χ1) is 39.2. The van der Waals surface area contributed by atoms with Crippen molar-refractivity contribution in [2.45, 2.75) is 187 Å². The predicted molar refractivity (Wildman–Crippen MR) is 269 cm³/mol. The smallest absolute Gasteiger partial charge is 0.335 e. The molecule has 35 nitrogen and oxygen atoms in total. The Kier molecular flexibility index (Phi) is 24.7. The number of hydrogen-bond donors (Lipinski definition) is 17. The first kappa shape index (κ1) is 67.7. The highest BCUT2D eigenvalue weighted by molar-refractivity contribution is 7.99. The summed E-state index contributed by atoms with van der Waals surface area (Å²) in [7, 11) is 0. The van der Waals surface area contributed by atoms with Gasteiger partial charge in [0.15, 0.2) is 49.4 Å². The second-order valence-electron chi connectivity index (χ2n) is 19.8. The van der Waals surface area contributed by atoms with Gasteiger partial charge in [-0.25, -0.2) is 9.59 Å². The lowest BCUT2D eigenvalue weighted by Gasteiger charge is -2.49. The number of carbonyl (C=O) groups is 5. The second-order valence-corrected chi connectivity index (χ2v) is 21.1. The molecule has 5 aliphatic heterocycles. The molecule has 1 aromatic carbocycles. The summed E-state index contributed by atoms with van der Waals surface area (Å²) in [5, 5.41) is 149. The monoisotopic (exact) mass is 1220 g/mol. The maximum Gasteiger partial charge on any atom is 0.335 e. The van der Waals surface area contributed by atoms with Crippen molar-refractivity contribution in [1.82, 2.24) is 16.0 Å². The van der Waals surface area contributed by atoms with Crippen LogP contribution < -0.4 is 36.9 Å². The number of ether oxygens (including phenoxy) is 11. The third-order valence-corrected chi connectivity index (χ3v) is 14.9. The van der Waals surface area contributed by atoms with E-state index in [0.717, 1.165) is 20.8 Å². The number of hydrogen-bond acceptors (Lipinski definition) is 31. The summed E-state index contributed by atoms with van der Waals surface area (Å²) in [6.07, 6.45) is -44.0. The summed E-state index contributed by atoms with van der Waals surface area (Å²) in [5.41, 5.74) is -1.40. The molecule has 83 heavy (non-hydrogen) atoms. The number of aliphatic hydroxyl groups is 11. The van der Waals surface area contributed by atoms with Gasteiger partial charge in [-0.1, -0.05) is 0 Å². The number of nitrogens with one attached hydrogen (secondary N) is 4. The molecule has 0 radical (unpaired) electrons. The molecule has 17 N–H and O–H groups in total. The first-order valence-electron chi connectivity index (χ1n) is 26.1. The van der Waals surface area contributed by atoms with Crippen molar-refractivity contribution in [3.63, 3.8) is 0 Å². The maximum atomic E-state index is 12.9. The minimum atomic E-state index is -2.25. The molecule has 1 aromatic rings. The van der Waals surface area contributed by atoms with Crippen LogP contribution >= 0.6 is 11.8 Å². The van der Waals surface area contributed by atoms with Gasteiger partial charge in [0.2, 0.25) is 17.7 Å². The van der Waals surface area contributed by atoms with Crippen LogP contribution in [0, 0.1) is 0 Å². The Balaban J connectivity index is 1.29. The van der Waals surface area contributed by atoms with E-state index >= 15 is 0 Å². The first-order valence-corrected chi connectivity index (χ1v) is 27.3. The average Bonchev–Trinajstić information content (AvgIpc) is 3.47. The molecule has 5 heterocycles. The van der Waals surface area contributed by atoms with E-state index in [-0.39, 0.29) is 37.6 Å². The lowest BCUT2D eigenvalue weighted by atomic mass is 9.94. The van der Waals surface area contributed by atoms with Gasteiger partial charge >= 0.3 is 11.9 Å². The van der Waals surface area contributed by atoms with Crippen LogP contribution in [0.15, 0.2) is 9.59 Å². The number of aliphatic hydroxyl groups excluding tert-OH is 11. The van der Waals surface area contributed by atoms with Crippen LogP contribution in [0.2, 0.25) is 0 Å².